The minimum Gasteiger partial charge on any atom is -0.463 e. The molecule has 0 N–H and O–H groups in total. The van der Waals surface area contributed by atoms with Gasteiger partial charge in [0.25, 0.3) is 10.1 Å². The molecule has 0 saturated carbocycles. The Kier molecular flexibility index (Phi) is 10.1. The van der Waals surface area contributed by atoms with Crippen LogP contribution in [0.3, 0.4) is 0 Å². The Balaban J connectivity index is 6.19. The van der Waals surface area contributed by atoms with Gasteiger partial charge in [-0.05, 0) is 0 Å². The minimum atomic E-state index is -4.18. The third-order valence-corrected chi connectivity index (χ3v) is 3.36. The lowest BCUT2D eigenvalue weighted by Crippen LogP contribution is -2.52. The van der Waals surface area contributed by atoms with Gasteiger partial charge in [0.15, 0.2) is 18.3 Å². The topological polar surface area (TPSA) is 172 Å². The normalized spacial score (nSPS) is 15.1. The van der Waals surface area contributed by atoms with Gasteiger partial charge in [0, 0.05) is 27.7 Å². The lowest BCUT2D eigenvalue weighted by Gasteiger charge is -2.32. The quantitative estimate of drug-likeness (QED) is 0.244. The predicted octanol–water partition coefficient (Wildman–Crippen LogP) is -0.787. The maximum absolute atomic E-state index is 11.6. The van der Waals surface area contributed by atoms with Crippen LogP contribution in [0.15, 0.2) is 0 Å². The standard InChI is InChI=1S/C15H21NO11S/c1-8(17)23-7-13(27-28(5,21)22)15(26-11(4)20)14(25-10(3)19)12(6-16)24-9(2)18/h12-15H,7H2,1-5H3. The van der Waals surface area contributed by atoms with Crippen molar-refractivity contribution in [1.29, 1.82) is 5.26 Å². The maximum atomic E-state index is 11.6. The van der Waals surface area contributed by atoms with Crippen molar-refractivity contribution in [2.75, 3.05) is 12.9 Å². The zero-order chi connectivity index (χ0) is 22.1. The highest BCUT2D eigenvalue weighted by Crippen LogP contribution is 2.20. The largest absolute Gasteiger partial charge is 0.463 e. The number of carbonyl (C=O) groups excluding carboxylic acids is 4. The molecular weight excluding hydrogens is 402 g/mol. The van der Waals surface area contributed by atoms with Crippen molar-refractivity contribution >= 4 is 34.0 Å². The van der Waals surface area contributed by atoms with Crippen molar-refractivity contribution in [2.45, 2.75) is 52.1 Å². The first-order chi connectivity index (χ1) is 12.8. The summed E-state index contributed by atoms with van der Waals surface area (Å²) in [6.45, 7) is 3.17. The third kappa shape index (κ3) is 10.4. The van der Waals surface area contributed by atoms with Gasteiger partial charge < -0.3 is 18.9 Å². The van der Waals surface area contributed by atoms with Gasteiger partial charge >= 0.3 is 23.9 Å². The van der Waals surface area contributed by atoms with E-state index in [1.165, 1.54) is 0 Å². The molecule has 0 aliphatic carbocycles. The molecule has 158 valence electrons. The lowest BCUT2D eigenvalue weighted by molar-refractivity contribution is -0.189. The summed E-state index contributed by atoms with van der Waals surface area (Å²) in [5, 5.41) is 9.27. The number of esters is 4. The van der Waals surface area contributed by atoms with Crippen LogP contribution < -0.4 is 0 Å². The fourth-order valence-electron chi connectivity index (χ4n) is 1.99. The van der Waals surface area contributed by atoms with Crippen molar-refractivity contribution in [3.05, 3.63) is 0 Å². The summed E-state index contributed by atoms with van der Waals surface area (Å²) in [4.78, 5) is 45.3. The van der Waals surface area contributed by atoms with E-state index in [1.54, 1.807) is 6.07 Å². The molecule has 0 radical (unpaired) electrons. The van der Waals surface area contributed by atoms with Gasteiger partial charge in [-0.1, -0.05) is 0 Å². The highest BCUT2D eigenvalue weighted by molar-refractivity contribution is 7.86. The van der Waals surface area contributed by atoms with Gasteiger partial charge in [-0.15, -0.1) is 0 Å². The second kappa shape index (κ2) is 11.2. The Labute approximate surface area is 161 Å². The Hall–Kier alpha value is -2.72. The summed E-state index contributed by atoms with van der Waals surface area (Å²) in [6.07, 6.45) is -6.38. The fraction of sp³-hybridized carbons (Fsp3) is 0.667. The summed E-state index contributed by atoms with van der Waals surface area (Å²) >= 11 is 0. The molecule has 0 aliphatic heterocycles. The van der Waals surface area contributed by atoms with E-state index in [2.05, 4.69) is 0 Å². The molecule has 28 heavy (non-hydrogen) atoms. The van der Waals surface area contributed by atoms with E-state index < -0.39 is 65.0 Å². The first-order valence-electron chi connectivity index (χ1n) is 7.69. The minimum absolute atomic E-state index is 0.674. The van der Waals surface area contributed by atoms with E-state index in [1.807, 2.05) is 0 Å². The SMILES string of the molecule is CC(=O)OCC(OS(C)(=O)=O)C(OC(C)=O)C(OC(C)=O)C(C#N)OC(C)=O. The Morgan fingerprint density at radius 3 is 1.68 bits per heavy atom. The summed E-state index contributed by atoms with van der Waals surface area (Å²) in [6, 6.07) is 1.55. The Morgan fingerprint density at radius 1 is 0.857 bits per heavy atom. The van der Waals surface area contributed by atoms with Crippen LogP contribution in [0.2, 0.25) is 0 Å². The first-order valence-corrected chi connectivity index (χ1v) is 9.51. The number of hydrogen-bond acceptors (Lipinski definition) is 12. The number of ether oxygens (including phenoxy) is 4. The summed E-state index contributed by atoms with van der Waals surface area (Å²) in [5.74, 6) is -3.66. The first kappa shape index (κ1) is 25.3. The van der Waals surface area contributed by atoms with E-state index in [-0.39, 0.29) is 0 Å². The van der Waals surface area contributed by atoms with Crippen molar-refractivity contribution in [3.8, 4) is 6.07 Å². The van der Waals surface area contributed by atoms with E-state index in [9.17, 15) is 32.9 Å². The lowest BCUT2D eigenvalue weighted by atomic mass is 10.0. The van der Waals surface area contributed by atoms with Crippen LogP contribution in [0.1, 0.15) is 27.7 Å². The molecule has 0 fully saturated rings. The molecule has 0 heterocycles. The molecule has 0 saturated heterocycles. The number of hydrogen-bond donors (Lipinski definition) is 0. The van der Waals surface area contributed by atoms with Crippen LogP contribution in [0.4, 0.5) is 0 Å². The van der Waals surface area contributed by atoms with E-state index in [0.29, 0.717) is 6.26 Å². The van der Waals surface area contributed by atoms with Gasteiger partial charge in [0.2, 0.25) is 6.10 Å². The van der Waals surface area contributed by atoms with E-state index in [4.69, 9.17) is 23.1 Å². The molecule has 4 atom stereocenters. The van der Waals surface area contributed by atoms with Gasteiger partial charge in [-0.2, -0.15) is 13.7 Å². The van der Waals surface area contributed by atoms with Crippen LogP contribution in [0.25, 0.3) is 0 Å². The monoisotopic (exact) mass is 423 g/mol. The number of nitrogens with zero attached hydrogens (tertiary/aromatic N) is 1. The molecule has 0 rings (SSSR count). The van der Waals surface area contributed by atoms with Crippen LogP contribution in [-0.4, -0.2) is 69.6 Å². The molecule has 0 spiro atoms. The Bertz CT molecular complexity index is 740. The maximum Gasteiger partial charge on any atom is 0.304 e. The molecule has 13 heteroatoms. The number of nitriles is 1. The predicted molar refractivity (Wildman–Crippen MR) is 88.6 cm³/mol. The van der Waals surface area contributed by atoms with E-state index in [0.717, 1.165) is 27.7 Å². The smallest absolute Gasteiger partial charge is 0.304 e. The second-order valence-corrected chi connectivity index (χ2v) is 7.05. The van der Waals surface area contributed by atoms with Crippen molar-refractivity contribution < 1.29 is 50.7 Å². The zero-order valence-electron chi connectivity index (χ0n) is 15.9. The molecule has 4 unspecified atom stereocenters. The zero-order valence-corrected chi connectivity index (χ0v) is 16.7. The average Bonchev–Trinajstić information content (AvgIpc) is 2.50. The number of carbonyl (C=O) groups is 4. The van der Waals surface area contributed by atoms with Gasteiger partial charge in [-0.25, -0.2) is 0 Å². The van der Waals surface area contributed by atoms with Crippen molar-refractivity contribution in [3.63, 3.8) is 0 Å². The summed E-state index contributed by atoms with van der Waals surface area (Å²) < 4.78 is 47.3. The molecular formula is C15H21NO11S. The molecule has 0 aromatic carbocycles. The summed E-state index contributed by atoms with van der Waals surface area (Å²) in [5.41, 5.74) is 0. The highest BCUT2D eigenvalue weighted by atomic mass is 32.2. The Morgan fingerprint density at radius 2 is 1.32 bits per heavy atom. The van der Waals surface area contributed by atoms with Crippen LogP contribution in [0.5, 0.6) is 0 Å². The van der Waals surface area contributed by atoms with Crippen molar-refractivity contribution in [1.82, 2.24) is 0 Å². The van der Waals surface area contributed by atoms with Crippen molar-refractivity contribution in [2.24, 2.45) is 0 Å². The highest BCUT2D eigenvalue weighted by Gasteiger charge is 2.44. The van der Waals surface area contributed by atoms with Crippen LogP contribution in [-0.2, 0) is 52.4 Å². The van der Waals surface area contributed by atoms with Gasteiger partial charge in [-0.3, -0.25) is 23.4 Å². The molecule has 0 bridgehead atoms. The molecule has 12 nitrogen and oxygen atoms in total. The average molecular weight is 423 g/mol. The van der Waals surface area contributed by atoms with E-state index >= 15 is 0 Å². The van der Waals surface area contributed by atoms with Gasteiger partial charge in [0.1, 0.15) is 12.7 Å². The fourth-order valence-corrected chi connectivity index (χ4v) is 2.60. The van der Waals surface area contributed by atoms with Gasteiger partial charge in [0.05, 0.1) is 6.26 Å². The van der Waals surface area contributed by atoms with Crippen LogP contribution in [0, 0.1) is 11.3 Å². The molecule has 0 amide bonds. The van der Waals surface area contributed by atoms with Crippen LogP contribution >= 0.6 is 0 Å². The number of rotatable bonds is 10. The third-order valence-electron chi connectivity index (χ3n) is 2.76. The molecule has 0 aliphatic rings. The molecule has 0 aromatic rings. The molecule has 0 aromatic heterocycles. The second-order valence-electron chi connectivity index (χ2n) is 5.45. The summed E-state index contributed by atoms with van der Waals surface area (Å²) in [7, 11) is -4.18.